The summed E-state index contributed by atoms with van der Waals surface area (Å²) >= 11 is -2.16. The van der Waals surface area contributed by atoms with Crippen molar-refractivity contribution in [3.05, 3.63) is 29.8 Å². The number of rotatable bonds is 5. The highest BCUT2D eigenvalue weighted by atomic mass is 32.2. The number of amides is 1. The zero-order chi connectivity index (χ0) is 12.0. The van der Waals surface area contributed by atoms with Crippen LogP contribution in [0.1, 0.15) is 10.4 Å². The predicted octanol–water partition coefficient (Wildman–Crippen LogP) is 0.643. The van der Waals surface area contributed by atoms with E-state index in [4.69, 9.17) is 9.29 Å². The average Bonchev–Trinajstić information content (AvgIpc) is 2.29. The molecular formula is C10H13NO4S. The molecule has 88 valence electrons. The predicted molar refractivity (Wildman–Crippen MR) is 59.7 cm³/mol. The molecule has 2 N–H and O–H groups in total. The van der Waals surface area contributed by atoms with Crippen molar-refractivity contribution in [2.75, 3.05) is 20.3 Å². The number of hydrogen-bond donors (Lipinski definition) is 2. The third-order valence-corrected chi connectivity index (χ3v) is 2.64. The molecule has 0 aliphatic heterocycles. The van der Waals surface area contributed by atoms with Crippen molar-refractivity contribution >= 4 is 17.0 Å². The number of nitrogens with one attached hydrogen (secondary N) is 1. The minimum absolute atomic E-state index is 0.109. The molecule has 0 saturated heterocycles. The minimum Gasteiger partial charge on any atom is -0.383 e. The van der Waals surface area contributed by atoms with E-state index >= 15 is 0 Å². The summed E-state index contributed by atoms with van der Waals surface area (Å²) in [5.41, 5.74) is 0.208. The highest BCUT2D eigenvalue weighted by Gasteiger charge is 2.13. The van der Waals surface area contributed by atoms with Crippen LogP contribution in [-0.4, -0.2) is 34.9 Å². The molecule has 6 heteroatoms. The van der Waals surface area contributed by atoms with Crippen molar-refractivity contribution in [2.45, 2.75) is 4.90 Å². The van der Waals surface area contributed by atoms with Crippen LogP contribution >= 0.6 is 0 Å². The molecule has 0 aliphatic rings. The third kappa shape index (κ3) is 3.41. The molecule has 0 saturated carbocycles. The van der Waals surface area contributed by atoms with Crippen LogP contribution in [0, 0.1) is 0 Å². The summed E-state index contributed by atoms with van der Waals surface area (Å²) in [5.74, 6) is -0.380. The van der Waals surface area contributed by atoms with Gasteiger partial charge in [0, 0.05) is 13.7 Å². The summed E-state index contributed by atoms with van der Waals surface area (Å²) in [6, 6.07) is 6.20. The van der Waals surface area contributed by atoms with Gasteiger partial charge >= 0.3 is 0 Å². The normalized spacial score (nSPS) is 12.1. The third-order valence-electron chi connectivity index (χ3n) is 1.91. The van der Waals surface area contributed by atoms with E-state index in [2.05, 4.69) is 5.32 Å². The largest absolute Gasteiger partial charge is 0.383 e. The Hall–Kier alpha value is -1.24. The van der Waals surface area contributed by atoms with Crippen molar-refractivity contribution in [1.82, 2.24) is 5.32 Å². The first-order valence-corrected chi connectivity index (χ1v) is 5.74. The van der Waals surface area contributed by atoms with Crippen LogP contribution in [0.3, 0.4) is 0 Å². The molecule has 0 aliphatic carbocycles. The van der Waals surface area contributed by atoms with Gasteiger partial charge in [0.15, 0.2) is 11.1 Å². The first-order valence-electron chi connectivity index (χ1n) is 4.64. The second kappa shape index (κ2) is 6.37. The summed E-state index contributed by atoms with van der Waals surface area (Å²) in [7, 11) is 1.53. The number of methoxy groups -OCH3 is 1. The maximum Gasteiger partial charge on any atom is 0.252 e. The van der Waals surface area contributed by atoms with Gasteiger partial charge in [-0.15, -0.1) is 0 Å². The fourth-order valence-electron chi connectivity index (χ4n) is 1.17. The molecule has 0 bridgehead atoms. The fraction of sp³-hybridized carbons (Fsp3) is 0.300. The van der Waals surface area contributed by atoms with E-state index in [9.17, 15) is 9.00 Å². The Labute approximate surface area is 96.1 Å². The molecule has 1 atom stereocenters. The Morgan fingerprint density at radius 2 is 2.19 bits per heavy atom. The zero-order valence-electron chi connectivity index (χ0n) is 8.80. The smallest absolute Gasteiger partial charge is 0.252 e. The Kier molecular flexibility index (Phi) is 5.10. The van der Waals surface area contributed by atoms with E-state index in [1.165, 1.54) is 19.2 Å². The quantitative estimate of drug-likeness (QED) is 0.588. The molecule has 1 amide bonds. The van der Waals surface area contributed by atoms with Gasteiger partial charge in [0.2, 0.25) is 0 Å². The second-order valence-corrected chi connectivity index (χ2v) is 3.93. The van der Waals surface area contributed by atoms with Crippen molar-refractivity contribution in [3.63, 3.8) is 0 Å². The van der Waals surface area contributed by atoms with E-state index in [1.54, 1.807) is 12.1 Å². The molecule has 0 fully saturated rings. The fourth-order valence-corrected chi connectivity index (χ4v) is 1.71. The van der Waals surface area contributed by atoms with Gasteiger partial charge in [0.05, 0.1) is 17.1 Å². The number of ether oxygens (including phenoxy) is 1. The average molecular weight is 243 g/mol. The second-order valence-electron chi connectivity index (χ2n) is 2.99. The number of benzene rings is 1. The summed E-state index contributed by atoms with van der Waals surface area (Å²) in [6.07, 6.45) is 0. The van der Waals surface area contributed by atoms with Gasteiger partial charge in [-0.05, 0) is 12.1 Å². The maximum atomic E-state index is 11.6. The molecule has 0 radical (unpaired) electrons. The molecule has 1 aromatic rings. The standard InChI is InChI=1S/C10H13NO4S/c1-15-7-6-11-10(12)8-4-2-3-5-9(8)16(13)14/h2-5H,6-7H2,1H3,(H,11,12)(H,13,14). The summed E-state index contributed by atoms with van der Waals surface area (Å²) in [6.45, 7) is 0.762. The van der Waals surface area contributed by atoms with E-state index in [1.807, 2.05) is 0 Å². The van der Waals surface area contributed by atoms with Crippen molar-refractivity contribution in [3.8, 4) is 0 Å². The lowest BCUT2D eigenvalue weighted by Crippen LogP contribution is -2.27. The topological polar surface area (TPSA) is 75.6 Å². The van der Waals surface area contributed by atoms with E-state index in [-0.39, 0.29) is 16.4 Å². The minimum atomic E-state index is -2.16. The highest BCUT2D eigenvalue weighted by molar-refractivity contribution is 7.79. The first-order chi connectivity index (χ1) is 7.66. The molecule has 1 aromatic carbocycles. The van der Waals surface area contributed by atoms with Gasteiger partial charge < -0.3 is 14.6 Å². The first kappa shape index (κ1) is 12.8. The monoisotopic (exact) mass is 243 g/mol. The van der Waals surface area contributed by atoms with Crippen molar-refractivity contribution < 1.29 is 18.3 Å². The SMILES string of the molecule is COCCNC(=O)c1ccccc1S(=O)O. The maximum absolute atomic E-state index is 11.6. The van der Waals surface area contributed by atoms with Gasteiger partial charge in [0.25, 0.3) is 5.91 Å². The molecule has 16 heavy (non-hydrogen) atoms. The van der Waals surface area contributed by atoms with Crippen LogP contribution in [0.5, 0.6) is 0 Å². The van der Waals surface area contributed by atoms with Crippen molar-refractivity contribution in [2.24, 2.45) is 0 Å². The number of hydrogen-bond acceptors (Lipinski definition) is 3. The van der Waals surface area contributed by atoms with E-state index in [0.717, 1.165) is 0 Å². The number of carbonyl (C=O) groups excluding carboxylic acids is 1. The van der Waals surface area contributed by atoms with Crippen LogP contribution in [0.15, 0.2) is 29.2 Å². The molecule has 1 rings (SSSR count). The Balaban J connectivity index is 2.78. The molecule has 1 unspecified atom stereocenters. The van der Waals surface area contributed by atoms with Crippen LogP contribution in [0.2, 0.25) is 0 Å². The zero-order valence-corrected chi connectivity index (χ0v) is 9.62. The molecule has 0 spiro atoms. The van der Waals surface area contributed by atoms with Gasteiger partial charge in [-0.25, -0.2) is 4.21 Å². The lowest BCUT2D eigenvalue weighted by molar-refractivity contribution is 0.0934. The summed E-state index contributed by atoms with van der Waals surface area (Å²) in [5, 5.41) is 2.59. The van der Waals surface area contributed by atoms with Gasteiger partial charge in [0.1, 0.15) is 0 Å². The summed E-state index contributed by atoms with van der Waals surface area (Å²) in [4.78, 5) is 11.7. The van der Waals surface area contributed by atoms with Crippen LogP contribution in [0.4, 0.5) is 0 Å². The highest BCUT2D eigenvalue weighted by Crippen LogP contribution is 2.11. The number of carbonyl (C=O) groups is 1. The Morgan fingerprint density at radius 1 is 1.50 bits per heavy atom. The summed E-state index contributed by atoms with van der Waals surface area (Å²) < 4.78 is 24.7. The van der Waals surface area contributed by atoms with Gasteiger partial charge in [-0.3, -0.25) is 4.79 Å². The molecule has 0 aromatic heterocycles. The van der Waals surface area contributed by atoms with Crippen molar-refractivity contribution in [1.29, 1.82) is 0 Å². The lowest BCUT2D eigenvalue weighted by Gasteiger charge is -2.07. The van der Waals surface area contributed by atoms with E-state index < -0.39 is 11.1 Å². The molecular weight excluding hydrogens is 230 g/mol. The molecule has 5 nitrogen and oxygen atoms in total. The van der Waals surface area contributed by atoms with Gasteiger partial charge in [-0.2, -0.15) is 0 Å². The Morgan fingerprint density at radius 3 is 2.81 bits per heavy atom. The van der Waals surface area contributed by atoms with Crippen LogP contribution in [0.25, 0.3) is 0 Å². The van der Waals surface area contributed by atoms with Crippen LogP contribution < -0.4 is 5.32 Å². The van der Waals surface area contributed by atoms with Gasteiger partial charge in [-0.1, -0.05) is 12.1 Å². The van der Waals surface area contributed by atoms with E-state index in [0.29, 0.717) is 13.2 Å². The Bertz CT molecular complexity index is 394. The van der Waals surface area contributed by atoms with Crippen LogP contribution in [-0.2, 0) is 15.8 Å². The molecule has 0 heterocycles. The lowest BCUT2D eigenvalue weighted by atomic mass is 10.2.